The van der Waals surface area contributed by atoms with Crippen molar-refractivity contribution in [1.29, 1.82) is 0 Å². The summed E-state index contributed by atoms with van der Waals surface area (Å²) in [4.78, 5) is 46.2. The lowest BCUT2D eigenvalue weighted by molar-refractivity contribution is -0.161. The predicted octanol–water partition coefficient (Wildman–Crippen LogP) is 14.6. The van der Waals surface area contributed by atoms with Crippen molar-refractivity contribution >= 4 is 25.7 Å². The highest BCUT2D eigenvalue weighted by molar-refractivity contribution is 7.47. The first-order chi connectivity index (χ1) is 30.1. The minimum absolute atomic E-state index is 0.170. The summed E-state index contributed by atoms with van der Waals surface area (Å²) < 4.78 is 32.9. The topological polar surface area (TPSA) is 172 Å². The first-order valence-corrected chi connectivity index (χ1v) is 27.6. The number of carbonyl (C=O) groups excluding carboxylic acids is 2. The highest BCUT2D eigenvalue weighted by Crippen LogP contribution is 2.43. The molecular formula is C50H98NO10P. The molecule has 3 atom stereocenters. The number of nitrogens with two attached hydrogens (primary N) is 1. The SMILES string of the molecule is CCCCCCCCCCCCCCCCCCCCCC(=O)OC[C@H](COP(=O)(O)OC[C@H](N)C(=O)O)OC(=O)CCCCCCCCCCCCCCCCCCCCC. The van der Waals surface area contributed by atoms with Crippen LogP contribution in [0.4, 0.5) is 0 Å². The first-order valence-electron chi connectivity index (χ1n) is 26.1. The van der Waals surface area contributed by atoms with Crippen LogP contribution in [0.1, 0.15) is 271 Å². The fourth-order valence-corrected chi connectivity index (χ4v) is 8.55. The third-order valence-electron chi connectivity index (χ3n) is 11.9. The summed E-state index contributed by atoms with van der Waals surface area (Å²) >= 11 is 0. The van der Waals surface area contributed by atoms with Gasteiger partial charge in [0, 0.05) is 12.8 Å². The summed E-state index contributed by atoms with van der Waals surface area (Å²) in [5, 5.41) is 8.92. The van der Waals surface area contributed by atoms with E-state index in [9.17, 15) is 23.8 Å². The smallest absolute Gasteiger partial charge is 0.472 e. The monoisotopic (exact) mass is 904 g/mol. The Morgan fingerprint density at radius 2 is 0.710 bits per heavy atom. The Bertz CT molecular complexity index is 1060. The number of carboxylic acid groups (broad SMARTS) is 1. The summed E-state index contributed by atoms with van der Waals surface area (Å²) in [5.74, 6) is -2.35. The van der Waals surface area contributed by atoms with Crippen LogP contribution in [-0.2, 0) is 37.5 Å². The van der Waals surface area contributed by atoms with Gasteiger partial charge in [-0.05, 0) is 12.8 Å². The Balaban J connectivity index is 4.18. The molecule has 0 rings (SSSR count). The number of phosphoric ester groups is 1. The van der Waals surface area contributed by atoms with Crippen LogP contribution in [0.5, 0.6) is 0 Å². The average molecular weight is 904 g/mol. The summed E-state index contributed by atoms with van der Waals surface area (Å²) in [6, 6.07) is -1.52. The maximum Gasteiger partial charge on any atom is 0.472 e. The van der Waals surface area contributed by atoms with Gasteiger partial charge >= 0.3 is 25.7 Å². The van der Waals surface area contributed by atoms with Crippen LogP contribution >= 0.6 is 7.82 Å². The molecular weight excluding hydrogens is 806 g/mol. The second-order valence-electron chi connectivity index (χ2n) is 18.0. The molecule has 0 saturated heterocycles. The Labute approximate surface area is 380 Å². The molecule has 4 N–H and O–H groups in total. The van der Waals surface area contributed by atoms with Crippen molar-refractivity contribution in [3.63, 3.8) is 0 Å². The quantitative estimate of drug-likeness (QED) is 0.0301. The number of phosphoric acid groups is 1. The van der Waals surface area contributed by atoms with Gasteiger partial charge in [0.15, 0.2) is 6.10 Å². The molecule has 0 bridgehead atoms. The zero-order valence-electron chi connectivity index (χ0n) is 40.2. The molecule has 0 aliphatic heterocycles. The summed E-state index contributed by atoms with van der Waals surface area (Å²) in [5.41, 5.74) is 5.35. The van der Waals surface area contributed by atoms with Crippen molar-refractivity contribution in [2.45, 2.75) is 283 Å². The highest BCUT2D eigenvalue weighted by Gasteiger charge is 2.28. The third-order valence-corrected chi connectivity index (χ3v) is 12.8. The third kappa shape index (κ3) is 45.1. The maximum absolute atomic E-state index is 12.7. The van der Waals surface area contributed by atoms with Gasteiger partial charge in [-0.3, -0.25) is 23.4 Å². The van der Waals surface area contributed by atoms with Gasteiger partial charge in [0.25, 0.3) is 0 Å². The summed E-state index contributed by atoms with van der Waals surface area (Å²) in [6.07, 6.45) is 47.3. The molecule has 0 heterocycles. The van der Waals surface area contributed by atoms with Gasteiger partial charge in [-0.15, -0.1) is 0 Å². The standard InChI is InChI=1S/C50H98NO10P/c1-3-5-7-9-11-13-15-17-19-21-23-25-27-29-31-33-35-37-39-41-48(52)58-43-46(44-59-62(56,57)60-45-47(51)50(54)55)61-49(53)42-40-38-36-34-32-30-28-26-24-22-20-18-16-14-12-10-8-6-4-2/h46-47H,3-45,51H2,1-2H3,(H,54,55)(H,56,57)/t46-,47+/m1/s1. The van der Waals surface area contributed by atoms with Gasteiger partial charge < -0.3 is 25.2 Å². The fraction of sp³-hybridized carbons (Fsp3) is 0.940. The van der Waals surface area contributed by atoms with Gasteiger partial charge in [0.2, 0.25) is 0 Å². The number of hydrogen-bond acceptors (Lipinski definition) is 9. The lowest BCUT2D eigenvalue weighted by Gasteiger charge is -2.20. The highest BCUT2D eigenvalue weighted by atomic mass is 31.2. The van der Waals surface area contributed by atoms with Gasteiger partial charge in [0.1, 0.15) is 12.6 Å². The second-order valence-corrected chi connectivity index (χ2v) is 19.5. The van der Waals surface area contributed by atoms with Crippen LogP contribution in [-0.4, -0.2) is 59.9 Å². The molecule has 0 aromatic heterocycles. The molecule has 0 radical (unpaired) electrons. The summed E-state index contributed by atoms with van der Waals surface area (Å²) in [6.45, 7) is 2.87. The van der Waals surface area contributed by atoms with Crippen molar-refractivity contribution in [2.75, 3.05) is 19.8 Å². The molecule has 12 heteroatoms. The van der Waals surface area contributed by atoms with Crippen molar-refractivity contribution in [3.05, 3.63) is 0 Å². The minimum Gasteiger partial charge on any atom is -0.480 e. The number of carbonyl (C=O) groups is 3. The zero-order chi connectivity index (χ0) is 45.6. The minimum atomic E-state index is -4.71. The van der Waals surface area contributed by atoms with Crippen molar-refractivity contribution in [3.8, 4) is 0 Å². The van der Waals surface area contributed by atoms with Crippen LogP contribution in [0.2, 0.25) is 0 Å². The Hall–Kier alpha value is -1.52. The van der Waals surface area contributed by atoms with Crippen LogP contribution in [0.25, 0.3) is 0 Å². The van der Waals surface area contributed by atoms with Gasteiger partial charge in [-0.1, -0.05) is 245 Å². The molecule has 0 spiro atoms. The molecule has 0 fully saturated rings. The first kappa shape index (κ1) is 60.5. The predicted molar refractivity (Wildman–Crippen MR) is 254 cm³/mol. The number of rotatable bonds is 50. The Kier molecular flexibility index (Phi) is 44.9. The fourth-order valence-electron chi connectivity index (χ4n) is 7.77. The molecule has 368 valence electrons. The van der Waals surface area contributed by atoms with Crippen molar-refractivity contribution in [1.82, 2.24) is 0 Å². The van der Waals surface area contributed by atoms with Gasteiger partial charge in [0.05, 0.1) is 13.2 Å². The van der Waals surface area contributed by atoms with Crippen LogP contribution < -0.4 is 5.73 Å². The van der Waals surface area contributed by atoms with Crippen LogP contribution in [0.3, 0.4) is 0 Å². The van der Waals surface area contributed by atoms with Gasteiger partial charge in [-0.2, -0.15) is 0 Å². The normalized spacial score (nSPS) is 13.5. The van der Waals surface area contributed by atoms with E-state index in [2.05, 4.69) is 18.4 Å². The number of hydrogen-bond donors (Lipinski definition) is 3. The van der Waals surface area contributed by atoms with E-state index in [4.69, 9.17) is 24.8 Å². The lowest BCUT2D eigenvalue weighted by Crippen LogP contribution is -2.34. The van der Waals surface area contributed by atoms with E-state index in [1.165, 1.54) is 193 Å². The molecule has 0 aromatic carbocycles. The number of aliphatic carboxylic acids is 1. The number of unbranched alkanes of at least 4 members (excludes halogenated alkanes) is 36. The Morgan fingerprint density at radius 1 is 0.435 bits per heavy atom. The molecule has 0 aliphatic rings. The van der Waals surface area contributed by atoms with Crippen molar-refractivity contribution < 1.29 is 47.5 Å². The number of carboxylic acids is 1. The van der Waals surface area contributed by atoms with E-state index >= 15 is 0 Å². The van der Waals surface area contributed by atoms with E-state index in [0.29, 0.717) is 12.8 Å². The molecule has 0 aromatic rings. The number of esters is 2. The van der Waals surface area contributed by atoms with Crippen LogP contribution in [0, 0.1) is 0 Å². The molecule has 0 amide bonds. The lowest BCUT2D eigenvalue weighted by atomic mass is 10.0. The van der Waals surface area contributed by atoms with E-state index in [0.717, 1.165) is 38.5 Å². The molecule has 62 heavy (non-hydrogen) atoms. The average Bonchev–Trinajstić information content (AvgIpc) is 3.25. The molecule has 1 unspecified atom stereocenters. The largest absolute Gasteiger partial charge is 0.480 e. The van der Waals surface area contributed by atoms with E-state index in [-0.39, 0.29) is 19.4 Å². The van der Waals surface area contributed by atoms with E-state index < -0.39 is 51.1 Å². The maximum atomic E-state index is 12.7. The molecule has 0 aliphatic carbocycles. The second kappa shape index (κ2) is 46.0. The van der Waals surface area contributed by atoms with Crippen molar-refractivity contribution in [2.24, 2.45) is 5.73 Å². The molecule has 0 saturated carbocycles. The van der Waals surface area contributed by atoms with E-state index in [1.54, 1.807) is 0 Å². The van der Waals surface area contributed by atoms with E-state index in [1.807, 2.05) is 0 Å². The number of ether oxygens (including phenoxy) is 2. The van der Waals surface area contributed by atoms with Crippen LogP contribution in [0.15, 0.2) is 0 Å². The molecule has 11 nitrogen and oxygen atoms in total. The summed E-state index contributed by atoms with van der Waals surface area (Å²) in [7, 11) is -4.71. The zero-order valence-corrected chi connectivity index (χ0v) is 41.1. The van der Waals surface area contributed by atoms with Gasteiger partial charge in [-0.25, -0.2) is 4.57 Å². The Morgan fingerprint density at radius 3 is 1.02 bits per heavy atom.